The van der Waals surface area contributed by atoms with Crippen LogP contribution in [0.1, 0.15) is 47.2 Å². The number of benzene rings is 2. The molecule has 0 heterocycles. The molecule has 3 N–H and O–H groups in total. The largest absolute Gasteiger partial charge is 0.445 e. The van der Waals surface area contributed by atoms with Crippen molar-refractivity contribution in [1.82, 2.24) is 5.32 Å². The van der Waals surface area contributed by atoms with E-state index in [9.17, 15) is 14.4 Å². The summed E-state index contributed by atoms with van der Waals surface area (Å²) >= 11 is 0. The van der Waals surface area contributed by atoms with Crippen LogP contribution in [0.4, 0.5) is 4.79 Å². The molecule has 0 saturated heterocycles. The van der Waals surface area contributed by atoms with Crippen molar-refractivity contribution >= 4 is 18.0 Å². The molecule has 0 aromatic heterocycles. The second kappa shape index (κ2) is 12.6. The van der Waals surface area contributed by atoms with Gasteiger partial charge in [-0.05, 0) is 54.9 Å². The number of carbonyl (C=O) groups excluding carboxylic acids is 3. The zero-order chi connectivity index (χ0) is 23.5. The Bertz CT molecular complexity index is 908. The van der Waals surface area contributed by atoms with Crippen molar-refractivity contribution in [3.63, 3.8) is 0 Å². The molecule has 1 amide bonds. The second-order valence-electron chi connectivity index (χ2n) is 8.07. The first kappa shape index (κ1) is 24.3. The number of ether oxygens (including phenoxy) is 3. The van der Waals surface area contributed by atoms with Crippen LogP contribution in [-0.2, 0) is 32.2 Å². The fraction of sp³-hybridized carbons (Fsp3) is 0.400. The van der Waals surface area contributed by atoms with Crippen molar-refractivity contribution in [2.24, 2.45) is 17.6 Å². The highest BCUT2D eigenvalue weighted by molar-refractivity contribution is 5.89. The monoisotopic (exact) mass is 454 g/mol. The van der Waals surface area contributed by atoms with E-state index in [-0.39, 0.29) is 24.4 Å². The number of amides is 1. The number of carbonyl (C=O) groups is 3. The third kappa shape index (κ3) is 7.91. The number of alkyl carbamates (subject to hydrolysis) is 1. The summed E-state index contributed by atoms with van der Waals surface area (Å²) in [5, 5.41) is 2.79. The molecule has 1 aliphatic carbocycles. The molecule has 0 radical (unpaired) electrons. The first-order chi connectivity index (χ1) is 16.0. The van der Waals surface area contributed by atoms with Gasteiger partial charge >= 0.3 is 18.0 Å². The fourth-order valence-electron chi connectivity index (χ4n) is 3.72. The van der Waals surface area contributed by atoms with E-state index < -0.39 is 18.9 Å². The molecular weight excluding hydrogens is 424 g/mol. The lowest BCUT2D eigenvalue weighted by atomic mass is 9.82. The minimum absolute atomic E-state index is 0.228. The molecular formula is C25H30N2O6. The molecule has 0 spiro atoms. The first-order valence-corrected chi connectivity index (χ1v) is 11.1. The predicted octanol–water partition coefficient (Wildman–Crippen LogP) is 3.54. The number of nitrogens with two attached hydrogens (primary N) is 1. The van der Waals surface area contributed by atoms with Gasteiger partial charge in [0.15, 0.2) is 0 Å². The summed E-state index contributed by atoms with van der Waals surface area (Å²) in [5.41, 5.74) is 7.75. The SMILES string of the molecule is NCc1ccc(C(=O)OCOC(=O)C2CCC(CNC(=O)OCc3ccccc3)CC2)cc1. The average molecular weight is 455 g/mol. The molecule has 2 aromatic carbocycles. The summed E-state index contributed by atoms with van der Waals surface area (Å²) < 4.78 is 15.4. The average Bonchev–Trinajstić information content (AvgIpc) is 2.87. The third-order valence-corrected chi connectivity index (χ3v) is 5.74. The zero-order valence-electron chi connectivity index (χ0n) is 18.5. The van der Waals surface area contributed by atoms with Crippen LogP contribution in [0.15, 0.2) is 54.6 Å². The minimum atomic E-state index is -0.555. The van der Waals surface area contributed by atoms with Crippen LogP contribution < -0.4 is 11.1 Å². The van der Waals surface area contributed by atoms with Crippen LogP contribution >= 0.6 is 0 Å². The van der Waals surface area contributed by atoms with Gasteiger partial charge in [0.1, 0.15) is 6.61 Å². The van der Waals surface area contributed by atoms with E-state index in [1.54, 1.807) is 24.3 Å². The molecule has 176 valence electrons. The molecule has 2 aromatic rings. The smallest absolute Gasteiger partial charge is 0.407 e. The van der Waals surface area contributed by atoms with Crippen LogP contribution in [0.25, 0.3) is 0 Å². The standard InChI is InChI=1S/C25H30N2O6/c26-14-18-6-10-21(11-7-18)23(28)32-17-33-24(29)22-12-8-19(9-13-22)15-27-25(30)31-16-20-4-2-1-3-5-20/h1-7,10-11,19,22H,8-9,12-17,26H2,(H,27,30). The summed E-state index contributed by atoms with van der Waals surface area (Å²) in [4.78, 5) is 36.2. The Morgan fingerprint density at radius 1 is 0.848 bits per heavy atom. The van der Waals surface area contributed by atoms with Gasteiger partial charge in [-0.1, -0.05) is 42.5 Å². The van der Waals surface area contributed by atoms with Gasteiger partial charge in [0.05, 0.1) is 11.5 Å². The maximum atomic E-state index is 12.3. The number of hydrogen-bond donors (Lipinski definition) is 2. The molecule has 3 rings (SSSR count). The molecule has 0 atom stereocenters. The number of rotatable bonds is 9. The third-order valence-electron chi connectivity index (χ3n) is 5.74. The van der Waals surface area contributed by atoms with Gasteiger partial charge in [-0.3, -0.25) is 4.79 Å². The van der Waals surface area contributed by atoms with Gasteiger partial charge in [-0.15, -0.1) is 0 Å². The van der Waals surface area contributed by atoms with Crippen LogP contribution in [0.2, 0.25) is 0 Å². The molecule has 0 unspecified atom stereocenters. The van der Waals surface area contributed by atoms with Crippen LogP contribution in [0, 0.1) is 11.8 Å². The van der Waals surface area contributed by atoms with E-state index in [4.69, 9.17) is 19.9 Å². The summed E-state index contributed by atoms with van der Waals surface area (Å²) in [5.74, 6) is -0.864. The zero-order valence-corrected chi connectivity index (χ0v) is 18.5. The summed E-state index contributed by atoms with van der Waals surface area (Å²) in [6.07, 6.45) is 2.48. The van der Waals surface area contributed by atoms with E-state index in [0.29, 0.717) is 31.5 Å². The van der Waals surface area contributed by atoms with Crippen molar-refractivity contribution in [1.29, 1.82) is 0 Å². The Kier molecular flexibility index (Phi) is 9.26. The van der Waals surface area contributed by atoms with Crippen molar-refractivity contribution in [3.05, 3.63) is 71.3 Å². The Morgan fingerprint density at radius 3 is 2.21 bits per heavy atom. The topological polar surface area (TPSA) is 117 Å². The molecule has 33 heavy (non-hydrogen) atoms. The Hall–Kier alpha value is -3.39. The lowest BCUT2D eigenvalue weighted by Crippen LogP contribution is -2.33. The lowest BCUT2D eigenvalue weighted by Gasteiger charge is -2.27. The maximum absolute atomic E-state index is 12.3. The van der Waals surface area contributed by atoms with Crippen molar-refractivity contribution in [2.75, 3.05) is 13.3 Å². The highest BCUT2D eigenvalue weighted by atomic mass is 16.7. The maximum Gasteiger partial charge on any atom is 0.407 e. The van der Waals surface area contributed by atoms with Crippen LogP contribution in [0.5, 0.6) is 0 Å². The van der Waals surface area contributed by atoms with Gasteiger partial charge in [0.25, 0.3) is 0 Å². The summed E-state index contributed by atoms with van der Waals surface area (Å²) in [7, 11) is 0. The number of esters is 2. The quantitative estimate of drug-likeness (QED) is 0.440. The first-order valence-electron chi connectivity index (χ1n) is 11.1. The van der Waals surface area contributed by atoms with Crippen LogP contribution in [0.3, 0.4) is 0 Å². The summed E-state index contributed by atoms with van der Waals surface area (Å²) in [6, 6.07) is 16.2. The molecule has 1 aliphatic rings. The molecule has 8 nitrogen and oxygen atoms in total. The van der Waals surface area contributed by atoms with Gasteiger partial charge < -0.3 is 25.3 Å². The fourth-order valence-corrected chi connectivity index (χ4v) is 3.72. The van der Waals surface area contributed by atoms with Gasteiger partial charge in [-0.2, -0.15) is 0 Å². The Morgan fingerprint density at radius 2 is 1.55 bits per heavy atom. The Labute approximate surface area is 193 Å². The van der Waals surface area contributed by atoms with Gasteiger partial charge in [0, 0.05) is 13.1 Å². The highest BCUT2D eigenvalue weighted by Gasteiger charge is 2.28. The van der Waals surface area contributed by atoms with E-state index in [2.05, 4.69) is 5.32 Å². The minimum Gasteiger partial charge on any atom is -0.445 e. The van der Waals surface area contributed by atoms with Crippen molar-refractivity contribution in [3.8, 4) is 0 Å². The van der Waals surface area contributed by atoms with E-state index in [0.717, 1.165) is 24.0 Å². The van der Waals surface area contributed by atoms with Crippen molar-refractivity contribution in [2.45, 2.75) is 38.8 Å². The summed E-state index contributed by atoms with van der Waals surface area (Å²) in [6.45, 7) is 0.722. The van der Waals surface area contributed by atoms with E-state index in [1.165, 1.54) is 0 Å². The van der Waals surface area contributed by atoms with Crippen LogP contribution in [-0.4, -0.2) is 31.4 Å². The Balaban J connectivity index is 1.28. The number of nitrogens with one attached hydrogen (secondary N) is 1. The number of hydrogen-bond acceptors (Lipinski definition) is 7. The molecule has 1 fully saturated rings. The second-order valence-corrected chi connectivity index (χ2v) is 8.07. The van der Waals surface area contributed by atoms with E-state index >= 15 is 0 Å². The van der Waals surface area contributed by atoms with E-state index in [1.807, 2.05) is 30.3 Å². The van der Waals surface area contributed by atoms with Gasteiger partial charge in [-0.25, -0.2) is 9.59 Å². The lowest BCUT2D eigenvalue weighted by molar-refractivity contribution is -0.158. The normalized spacial score (nSPS) is 17.6. The molecule has 0 bridgehead atoms. The molecule has 0 aliphatic heterocycles. The predicted molar refractivity (Wildman–Crippen MR) is 121 cm³/mol. The van der Waals surface area contributed by atoms with Gasteiger partial charge in [0.2, 0.25) is 6.79 Å². The molecule has 8 heteroatoms. The molecule has 1 saturated carbocycles. The van der Waals surface area contributed by atoms with Crippen molar-refractivity contribution < 1.29 is 28.6 Å². The highest BCUT2D eigenvalue weighted by Crippen LogP contribution is 2.29.